The summed E-state index contributed by atoms with van der Waals surface area (Å²) in [6, 6.07) is 0. The third-order valence-electron chi connectivity index (χ3n) is 3.61. The van der Waals surface area contributed by atoms with Gasteiger partial charge >= 0.3 is 5.97 Å². The number of hydrogen-bond donors (Lipinski definition) is 0. The van der Waals surface area contributed by atoms with Crippen molar-refractivity contribution in [1.29, 1.82) is 0 Å². The van der Waals surface area contributed by atoms with Crippen molar-refractivity contribution >= 4 is 44.9 Å². The molecule has 0 amide bonds. The molecule has 1 saturated heterocycles. The number of anilines is 1. The van der Waals surface area contributed by atoms with Crippen LogP contribution in [0.25, 0.3) is 10.2 Å². The van der Waals surface area contributed by atoms with Crippen molar-refractivity contribution in [3.05, 3.63) is 15.7 Å². The van der Waals surface area contributed by atoms with Crippen LogP contribution in [0.2, 0.25) is 5.28 Å². The van der Waals surface area contributed by atoms with Crippen LogP contribution in [0.4, 0.5) is 5.82 Å². The van der Waals surface area contributed by atoms with Crippen LogP contribution in [0.15, 0.2) is 0 Å². The molecule has 2 aromatic heterocycles. The molecule has 0 spiro atoms. The van der Waals surface area contributed by atoms with Gasteiger partial charge in [0.1, 0.15) is 15.5 Å². The highest BCUT2D eigenvalue weighted by Crippen LogP contribution is 2.37. The quantitative estimate of drug-likeness (QED) is 0.639. The Labute approximate surface area is 131 Å². The lowest BCUT2D eigenvalue weighted by atomic mass is 10.2. The number of halogens is 1. The first kappa shape index (κ1) is 14.5. The van der Waals surface area contributed by atoms with E-state index in [0.29, 0.717) is 11.5 Å². The lowest BCUT2D eigenvalue weighted by molar-refractivity contribution is 0.0531. The zero-order chi connectivity index (χ0) is 15.0. The second-order valence-electron chi connectivity index (χ2n) is 4.97. The summed E-state index contributed by atoms with van der Waals surface area (Å²) < 4.78 is 5.11. The minimum Gasteiger partial charge on any atom is -0.462 e. The van der Waals surface area contributed by atoms with E-state index in [1.807, 2.05) is 6.92 Å². The molecule has 0 N–H and O–H groups in total. The number of aromatic nitrogens is 2. The normalized spacial score (nSPS) is 14.9. The number of ether oxygens (including phenoxy) is 1. The molecule has 0 aromatic carbocycles. The number of fused-ring (bicyclic) bond motifs is 1. The van der Waals surface area contributed by atoms with E-state index in [-0.39, 0.29) is 11.3 Å². The van der Waals surface area contributed by atoms with Crippen molar-refractivity contribution in [3.63, 3.8) is 0 Å². The number of hydrogen-bond acceptors (Lipinski definition) is 6. The van der Waals surface area contributed by atoms with Gasteiger partial charge in [0.05, 0.1) is 12.0 Å². The van der Waals surface area contributed by atoms with Crippen LogP contribution in [-0.4, -0.2) is 35.6 Å². The van der Waals surface area contributed by atoms with Gasteiger partial charge < -0.3 is 9.64 Å². The number of rotatable bonds is 3. The van der Waals surface area contributed by atoms with Gasteiger partial charge in [-0.3, -0.25) is 0 Å². The number of carbonyl (C=O) groups excluding carboxylic acids is 1. The molecule has 1 fully saturated rings. The maximum Gasteiger partial charge on any atom is 0.348 e. The fraction of sp³-hybridized carbons (Fsp3) is 0.500. The molecule has 0 aliphatic carbocycles. The van der Waals surface area contributed by atoms with Gasteiger partial charge in [0.15, 0.2) is 0 Å². The Hall–Kier alpha value is -1.40. The van der Waals surface area contributed by atoms with Gasteiger partial charge in [0.2, 0.25) is 5.28 Å². The van der Waals surface area contributed by atoms with Gasteiger partial charge in [-0.2, -0.15) is 4.98 Å². The fourth-order valence-electron chi connectivity index (χ4n) is 2.64. The fourth-order valence-corrected chi connectivity index (χ4v) is 3.93. The maximum absolute atomic E-state index is 12.0. The summed E-state index contributed by atoms with van der Waals surface area (Å²) >= 11 is 7.37. The van der Waals surface area contributed by atoms with E-state index in [0.717, 1.165) is 47.5 Å². The first-order valence-electron chi connectivity index (χ1n) is 7.00. The number of aryl methyl sites for hydroxylation is 1. The largest absolute Gasteiger partial charge is 0.462 e. The Balaban J connectivity index is 2.16. The van der Waals surface area contributed by atoms with Gasteiger partial charge in [0.25, 0.3) is 0 Å². The second-order valence-corrected chi connectivity index (χ2v) is 6.30. The van der Waals surface area contributed by atoms with Crippen molar-refractivity contribution in [2.45, 2.75) is 26.7 Å². The highest BCUT2D eigenvalue weighted by molar-refractivity contribution is 7.20. The SMILES string of the molecule is CCOC(=O)c1sc2nc(Cl)nc(N3CCCC3)c2c1C. The predicted octanol–water partition coefficient (Wildman–Crippen LogP) is 3.43. The van der Waals surface area contributed by atoms with Crippen LogP contribution >= 0.6 is 22.9 Å². The zero-order valence-corrected chi connectivity index (χ0v) is 13.6. The summed E-state index contributed by atoms with van der Waals surface area (Å²) in [4.78, 5) is 24.3. The Morgan fingerprint density at radius 2 is 2.10 bits per heavy atom. The lowest BCUT2D eigenvalue weighted by Gasteiger charge is -2.17. The molecule has 2 aromatic rings. The second kappa shape index (κ2) is 5.77. The topological polar surface area (TPSA) is 55.3 Å². The van der Waals surface area contributed by atoms with E-state index in [9.17, 15) is 4.79 Å². The average Bonchev–Trinajstić information content (AvgIpc) is 3.06. The van der Waals surface area contributed by atoms with Gasteiger partial charge in [0, 0.05) is 13.1 Å². The molecule has 0 unspecified atom stereocenters. The summed E-state index contributed by atoms with van der Waals surface area (Å²) in [7, 11) is 0. The Bertz CT molecular complexity index is 695. The number of thiophene rings is 1. The molecule has 0 saturated carbocycles. The van der Waals surface area contributed by atoms with Gasteiger partial charge in [-0.25, -0.2) is 9.78 Å². The van der Waals surface area contributed by atoms with Crippen molar-refractivity contribution in [1.82, 2.24) is 9.97 Å². The van der Waals surface area contributed by atoms with Crippen LogP contribution in [0.5, 0.6) is 0 Å². The maximum atomic E-state index is 12.0. The van der Waals surface area contributed by atoms with E-state index in [1.165, 1.54) is 11.3 Å². The first-order valence-corrected chi connectivity index (χ1v) is 8.20. The van der Waals surface area contributed by atoms with Crippen LogP contribution in [0.3, 0.4) is 0 Å². The van der Waals surface area contributed by atoms with E-state index < -0.39 is 0 Å². The summed E-state index contributed by atoms with van der Waals surface area (Å²) in [6.45, 7) is 6.01. The standard InChI is InChI=1S/C14H16ClN3O2S/c1-3-20-13(19)10-8(2)9-11(18-6-4-5-7-18)16-14(15)17-12(9)21-10/h3-7H2,1-2H3. The third-order valence-corrected chi connectivity index (χ3v) is 4.94. The molecule has 112 valence electrons. The van der Waals surface area contributed by atoms with Gasteiger partial charge in [-0.1, -0.05) is 0 Å². The average molecular weight is 326 g/mol. The highest BCUT2D eigenvalue weighted by Gasteiger charge is 2.24. The Kier molecular flexibility index (Phi) is 3.99. The van der Waals surface area contributed by atoms with Crippen molar-refractivity contribution in [2.24, 2.45) is 0 Å². The van der Waals surface area contributed by atoms with Crippen molar-refractivity contribution in [2.75, 3.05) is 24.6 Å². The van der Waals surface area contributed by atoms with Gasteiger partial charge in [-0.15, -0.1) is 11.3 Å². The zero-order valence-electron chi connectivity index (χ0n) is 12.0. The highest BCUT2D eigenvalue weighted by atomic mass is 35.5. The van der Waals surface area contributed by atoms with Crippen LogP contribution in [0.1, 0.15) is 35.0 Å². The molecule has 7 heteroatoms. The molecule has 1 aliphatic rings. The van der Waals surface area contributed by atoms with E-state index >= 15 is 0 Å². The molecule has 0 bridgehead atoms. The molecular weight excluding hydrogens is 310 g/mol. The molecule has 3 heterocycles. The lowest BCUT2D eigenvalue weighted by Crippen LogP contribution is -2.19. The van der Waals surface area contributed by atoms with Gasteiger partial charge in [-0.05, 0) is 43.9 Å². The Morgan fingerprint density at radius 3 is 2.76 bits per heavy atom. The van der Waals surface area contributed by atoms with Crippen LogP contribution in [-0.2, 0) is 4.74 Å². The molecule has 5 nitrogen and oxygen atoms in total. The summed E-state index contributed by atoms with van der Waals surface area (Å²) in [6.07, 6.45) is 2.30. The van der Waals surface area contributed by atoms with Crippen molar-refractivity contribution in [3.8, 4) is 0 Å². The number of carbonyl (C=O) groups is 1. The Morgan fingerprint density at radius 1 is 1.38 bits per heavy atom. The summed E-state index contributed by atoms with van der Waals surface area (Å²) in [5.74, 6) is 0.535. The third kappa shape index (κ3) is 2.58. The van der Waals surface area contributed by atoms with Crippen molar-refractivity contribution < 1.29 is 9.53 Å². The molecule has 3 rings (SSSR count). The van der Waals surface area contributed by atoms with Crippen LogP contribution < -0.4 is 4.90 Å². The van der Waals surface area contributed by atoms with E-state index in [1.54, 1.807) is 6.92 Å². The molecule has 21 heavy (non-hydrogen) atoms. The smallest absolute Gasteiger partial charge is 0.348 e. The van der Waals surface area contributed by atoms with Crippen LogP contribution in [0, 0.1) is 6.92 Å². The molecular formula is C14H16ClN3O2S. The monoisotopic (exact) mass is 325 g/mol. The van der Waals surface area contributed by atoms with E-state index in [4.69, 9.17) is 16.3 Å². The first-order chi connectivity index (χ1) is 10.1. The number of nitrogens with zero attached hydrogens (tertiary/aromatic N) is 3. The summed E-state index contributed by atoms with van der Waals surface area (Å²) in [5.41, 5.74) is 0.881. The molecule has 0 radical (unpaired) electrons. The minimum atomic E-state index is -0.304. The van der Waals surface area contributed by atoms with E-state index in [2.05, 4.69) is 14.9 Å². The molecule has 0 atom stereocenters. The molecule has 1 aliphatic heterocycles. The minimum absolute atomic E-state index is 0.223. The summed E-state index contributed by atoms with van der Waals surface area (Å²) in [5, 5.41) is 1.15. The predicted molar refractivity (Wildman–Crippen MR) is 84.6 cm³/mol. The number of esters is 1.